The van der Waals surface area contributed by atoms with Crippen LogP contribution in [0.4, 0.5) is 15.8 Å². The Morgan fingerprint density at radius 2 is 1.95 bits per heavy atom. The van der Waals surface area contributed by atoms with Crippen LogP contribution in [0.5, 0.6) is 6.01 Å². The molecule has 1 saturated heterocycles. The first kappa shape index (κ1) is 27.7. The normalized spacial score (nSPS) is 17.9. The maximum atomic E-state index is 14.6. The van der Waals surface area contributed by atoms with Crippen molar-refractivity contribution in [3.63, 3.8) is 0 Å². The molecule has 2 aromatic carbocycles. The summed E-state index contributed by atoms with van der Waals surface area (Å²) in [5.74, 6) is -1.03. The predicted octanol–water partition coefficient (Wildman–Crippen LogP) is 2.91. The smallest absolute Gasteiger partial charge is 0.316 e. The topological polar surface area (TPSA) is 131 Å². The van der Waals surface area contributed by atoms with Gasteiger partial charge in [0.2, 0.25) is 0 Å². The number of hydrogen-bond acceptors (Lipinski definition) is 9. The SMILES string of the molecule is CC1CN(c2ccc(C(=O)Nc3cc(F)c4nn(C)cc4c3)c3nc(OCCCS(C)(=O)=O)ncc23)CC(C)N1. The van der Waals surface area contributed by atoms with Crippen molar-refractivity contribution < 1.29 is 22.3 Å². The molecular formula is C27H32FN7O4S. The number of carbonyl (C=O) groups excluding carboxylic acids is 1. The Labute approximate surface area is 231 Å². The van der Waals surface area contributed by atoms with E-state index in [-0.39, 0.29) is 53.6 Å². The standard InChI is InChI=1S/C27H32FN7O4S/c1-16-13-35(14-17(2)30-16)23-7-6-20(25-21(23)12-29-27(32-25)39-8-5-9-40(4,37)38)26(36)31-19-10-18-15-34(3)33-24(18)22(28)11-19/h6-7,10-12,15-17,30H,5,8-9,13-14H2,1-4H3,(H,31,36). The van der Waals surface area contributed by atoms with Gasteiger partial charge < -0.3 is 20.3 Å². The van der Waals surface area contributed by atoms with Crippen molar-refractivity contribution in [3.8, 4) is 6.01 Å². The predicted molar refractivity (Wildman–Crippen MR) is 152 cm³/mol. The molecule has 40 heavy (non-hydrogen) atoms. The van der Waals surface area contributed by atoms with Gasteiger partial charge in [-0.1, -0.05) is 0 Å². The first-order chi connectivity index (χ1) is 19.0. The van der Waals surface area contributed by atoms with Crippen LogP contribution < -0.4 is 20.3 Å². The van der Waals surface area contributed by atoms with E-state index in [1.54, 1.807) is 31.6 Å². The first-order valence-corrected chi connectivity index (χ1v) is 15.1. The fraction of sp³-hybridized carbons (Fsp3) is 0.407. The number of carbonyl (C=O) groups is 1. The molecule has 1 aliphatic rings. The molecule has 4 aromatic rings. The van der Waals surface area contributed by atoms with Crippen molar-refractivity contribution in [2.24, 2.45) is 7.05 Å². The summed E-state index contributed by atoms with van der Waals surface area (Å²) in [5.41, 5.74) is 2.05. The van der Waals surface area contributed by atoms with E-state index < -0.39 is 21.6 Å². The molecular weight excluding hydrogens is 537 g/mol. The molecule has 0 bridgehead atoms. The number of nitrogens with one attached hydrogen (secondary N) is 2. The number of sulfone groups is 1. The monoisotopic (exact) mass is 569 g/mol. The molecule has 3 heterocycles. The number of rotatable bonds is 8. The van der Waals surface area contributed by atoms with Crippen LogP contribution in [0.2, 0.25) is 0 Å². The number of halogens is 1. The summed E-state index contributed by atoms with van der Waals surface area (Å²) in [6.07, 6.45) is 4.75. The molecule has 2 N–H and O–H groups in total. The molecule has 13 heteroatoms. The third-order valence-corrected chi connectivity index (χ3v) is 7.70. The number of nitrogens with zero attached hydrogens (tertiary/aromatic N) is 5. The summed E-state index contributed by atoms with van der Waals surface area (Å²) in [6.45, 7) is 5.86. The number of hydrogen-bond donors (Lipinski definition) is 2. The van der Waals surface area contributed by atoms with Gasteiger partial charge in [-0.05, 0) is 44.5 Å². The fourth-order valence-corrected chi connectivity index (χ4v) is 5.75. The molecule has 1 amide bonds. The van der Waals surface area contributed by atoms with Gasteiger partial charge in [0.15, 0.2) is 5.82 Å². The van der Waals surface area contributed by atoms with Crippen LogP contribution in [0.25, 0.3) is 21.8 Å². The highest BCUT2D eigenvalue weighted by atomic mass is 32.2. The average Bonchev–Trinajstić information content (AvgIpc) is 3.25. The molecule has 2 atom stereocenters. The Morgan fingerprint density at radius 3 is 2.67 bits per heavy atom. The molecule has 0 spiro atoms. The van der Waals surface area contributed by atoms with E-state index in [2.05, 4.69) is 44.4 Å². The summed E-state index contributed by atoms with van der Waals surface area (Å²) >= 11 is 0. The van der Waals surface area contributed by atoms with Crippen molar-refractivity contribution in [3.05, 3.63) is 48.0 Å². The molecule has 212 valence electrons. The van der Waals surface area contributed by atoms with Crippen LogP contribution in [-0.2, 0) is 16.9 Å². The van der Waals surface area contributed by atoms with Crippen molar-refractivity contribution >= 4 is 48.9 Å². The minimum absolute atomic E-state index is 0.0183. The summed E-state index contributed by atoms with van der Waals surface area (Å²) < 4.78 is 44.7. The van der Waals surface area contributed by atoms with E-state index in [9.17, 15) is 17.6 Å². The average molecular weight is 570 g/mol. The lowest BCUT2D eigenvalue weighted by molar-refractivity contribution is 0.102. The van der Waals surface area contributed by atoms with Gasteiger partial charge in [0.25, 0.3) is 5.91 Å². The largest absolute Gasteiger partial charge is 0.463 e. The summed E-state index contributed by atoms with van der Waals surface area (Å²) in [6, 6.07) is 7.03. The number of amides is 1. The Bertz CT molecular complexity index is 1680. The maximum Gasteiger partial charge on any atom is 0.316 e. The lowest BCUT2D eigenvalue weighted by Gasteiger charge is -2.38. The van der Waals surface area contributed by atoms with Gasteiger partial charge in [-0.15, -0.1) is 0 Å². The molecule has 5 rings (SSSR count). The third-order valence-electron chi connectivity index (χ3n) is 6.67. The van der Waals surface area contributed by atoms with Crippen molar-refractivity contribution in [2.45, 2.75) is 32.4 Å². The van der Waals surface area contributed by atoms with Crippen molar-refractivity contribution in [2.75, 3.05) is 41.9 Å². The molecule has 1 aliphatic heterocycles. The minimum Gasteiger partial charge on any atom is -0.463 e. The van der Waals surface area contributed by atoms with E-state index in [0.717, 1.165) is 18.8 Å². The number of aryl methyl sites for hydroxylation is 1. The number of ether oxygens (including phenoxy) is 1. The highest BCUT2D eigenvalue weighted by Gasteiger charge is 2.25. The van der Waals surface area contributed by atoms with Crippen molar-refractivity contribution in [1.29, 1.82) is 0 Å². The second-order valence-corrected chi connectivity index (χ2v) is 12.7. The van der Waals surface area contributed by atoms with Crippen LogP contribution in [0.3, 0.4) is 0 Å². The number of aromatic nitrogens is 4. The number of piperazine rings is 1. The third kappa shape index (κ3) is 6.15. The zero-order chi connectivity index (χ0) is 28.6. The quantitative estimate of drug-likeness (QED) is 0.308. The van der Waals surface area contributed by atoms with Gasteiger partial charge in [-0.3, -0.25) is 9.48 Å². The zero-order valence-electron chi connectivity index (χ0n) is 22.8. The van der Waals surface area contributed by atoms with Gasteiger partial charge >= 0.3 is 6.01 Å². The highest BCUT2D eigenvalue weighted by molar-refractivity contribution is 7.90. The molecule has 11 nitrogen and oxygen atoms in total. The Morgan fingerprint density at radius 1 is 1.20 bits per heavy atom. The zero-order valence-corrected chi connectivity index (χ0v) is 23.6. The van der Waals surface area contributed by atoms with Crippen LogP contribution in [0.15, 0.2) is 36.7 Å². The maximum absolute atomic E-state index is 14.6. The fourth-order valence-electron chi connectivity index (χ4n) is 5.11. The number of fused-ring (bicyclic) bond motifs is 2. The van der Waals surface area contributed by atoms with Gasteiger partial charge in [0.05, 0.1) is 23.4 Å². The molecule has 0 saturated carbocycles. The summed E-state index contributed by atoms with van der Waals surface area (Å²) in [4.78, 5) is 24.7. The van der Waals surface area contributed by atoms with Gasteiger partial charge in [0, 0.05) is 73.0 Å². The molecule has 0 aliphatic carbocycles. The van der Waals surface area contributed by atoms with E-state index >= 15 is 0 Å². The Kier molecular flexibility index (Phi) is 7.60. The second kappa shape index (κ2) is 11.0. The van der Waals surface area contributed by atoms with Crippen LogP contribution in [0.1, 0.15) is 30.6 Å². The number of benzene rings is 2. The van der Waals surface area contributed by atoms with E-state index in [4.69, 9.17) is 4.74 Å². The summed E-state index contributed by atoms with van der Waals surface area (Å²) in [5, 5.41) is 11.6. The van der Waals surface area contributed by atoms with Crippen molar-refractivity contribution in [1.82, 2.24) is 25.1 Å². The minimum atomic E-state index is -3.12. The lowest BCUT2D eigenvalue weighted by Crippen LogP contribution is -2.54. The highest BCUT2D eigenvalue weighted by Crippen LogP contribution is 2.31. The van der Waals surface area contributed by atoms with E-state index in [1.807, 2.05) is 6.07 Å². The van der Waals surface area contributed by atoms with Crippen LogP contribution in [-0.4, -0.2) is 77.9 Å². The van der Waals surface area contributed by atoms with Gasteiger partial charge in [0.1, 0.15) is 15.4 Å². The Hall–Kier alpha value is -3.84. The van der Waals surface area contributed by atoms with Crippen LogP contribution >= 0.6 is 0 Å². The molecule has 1 fully saturated rings. The van der Waals surface area contributed by atoms with Gasteiger partial charge in [-0.25, -0.2) is 17.8 Å². The molecule has 2 aromatic heterocycles. The summed E-state index contributed by atoms with van der Waals surface area (Å²) in [7, 11) is -1.42. The first-order valence-electron chi connectivity index (χ1n) is 13.0. The second-order valence-electron chi connectivity index (χ2n) is 10.4. The van der Waals surface area contributed by atoms with E-state index in [1.165, 1.54) is 17.0 Å². The van der Waals surface area contributed by atoms with Crippen LogP contribution in [0, 0.1) is 5.82 Å². The Balaban J connectivity index is 1.49. The molecule has 2 unspecified atom stereocenters. The number of anilines is 2. The lowest BCUT2D eigenvalue weighted by atomic mass is 10.0. The van der Waals surface area contributed by atoms with E-state index in [0.29, 0.717) is 16.3 Å². The van der Waals surface area contributed by atoms with Gasteiger partial charge in [-0.2, -0.15) is 10.1 Å². The molecule has 0 radical (unpaired) electrons.